The third-order valence-corrected chi connectivity index (χ3v) is 5.79. The zero-order chi connectivity index (χ0) is 44.3. The van der Waals surface area contributed by atoms with Gasteiger partial charge in [-0.2, -0.15) is 0 Å². The Balaban J connectivity index is -0.000000192. The van der Waals surface area contributed by atoms with Crippen LogP contribution in [0.25, 0.3) is 0 Å². The highest BCUT2D eigenvalue weighted by atomic mass is 16.6. The third kappa shape index (κ3) is 50.6. The first-order chi connectivity index (χ1) is 24.1. The van der Waals surface area contributed by atoms with E-state index < -0.39 is 48.3 Å². The van der Waals surface area contributed by atoms with Crippen molar-refractivity contribution in [3.63, 3.8) is 0 Å². The highest BCUT2D eigenvalue weighted by Gasteiger charge is 2.23. The standard InChI is InChI=1S/2C10H19NO4.2C5H14NO.C4H6O6/c2*1-5-10(14)15-8(6-9(12)13)7-11(2,3)4;2*1-6(2,3)4-5-7;5-1(3(7)8)2(6)4(9)10/h2*8H,5-7H2,1-4H3;2*7H,4-5H2,1-3H3;1-2,5-6H,(H,7,8)(H,9,10)/q;;2*+1;/p-2. The van der Waals surface area contributed by atoms with E-state index >= 15 is 0 Å². The smallest absolute Gasteiger partial charge is 0.306 e. The Morgan fingerprint density at radius 1 is 0.500 bits per heavy atom. The number of esters is 2. The molecule has 0 spiro atoms. The maximum absolute atomic E-state index is 11.0. The number of aliphatic hydroxyl groups is 4. The van der Waals surface area contributed by atoms with Crippen LogP contribution in [-0.2, 0) is 38.2 Å². The highest BCUT2D eigenvalue weighted by molar-refractivity contribution is 5.80. The molecule has 0 fully saturated rings. The van der Waals surface area contributed by atoms with Crippen molar-refractivity contribution in [1.82, 2.24) is 0 Å². The summed E-state index contributed by atoms with van der Waals surface area (Å²) in [6, 6.07) is 0. The number of aliphatic hydroxyl groups excluding tert-OH is 4. The molecule has 4 unspecified atom stereocenters. The number of carboxylic acids is 4. The van der Waals surface area contributed by atoms with E-state index in [1.807, 2.05) is 42.3 Å². The second kappa shape index (κ2) is 29.8. The Morgan fingerprint density at radius 3 is 0.852 bits per heavy atom. The van der Waals surface area contributed by atoms with Crippen molar-refractivity contribution in [2.45, 2.75) is 63.9 Å². The summed E-state index contributed by atoms with van der Waals surface area (Å²) in [6.45, 7) is 6.49. The lowest BCUT2D eigenvalue weighted by Gasteiger charge is -2.29. The van der Waals surface area contributed by atoms with Crippen LogP contribution in [-0.4, -0.2) is 223 Å². The number of carboxylic acid groups (broad SMARTS) is 4. The third-order valence-electron chi connectivity index (χ3n) is 5.79. The van der Waals surface area contributed by atoms with E-state index in [1.54, 1.807) is 13.8 Å². The van der Waals surface area contributed by atoms with Gasteiger partial charge in [0.2, 0.25) is 0 Å². The van der Waals surface area contributed by atoms with E-state index in [4.69, 9.17) is 29.9 Å². The molecule has 0 amide bonds. The fourth-order valence-corrected chi connectivity index (χ4v) is 3.28. The van der Waals surface area contributed by atoms with Crippen LogP contribution in [0.4, 0.5) is 0 Å². The number of nitrogens with zero attached hydrogens (tertiary/aromatic N) is 4. The summed E-state index contributed by atoms with van der Waals surface area (Å²) in [5, 5.41) is 73.4. The molecule has 0 radical (unpaired) electrons. The second-order valence-electron chi connectivity index (χ2n) is 16.0. The topological polar surface area (TPSA) is 294 Å². The SMILES string of the molecule is CCC(=O)OC(CC(=O)[O-])C[N+](C)(C)C.CCC(=O)OC(CC(=O)[O-])C[N+](C)(C)C.C[N+](C)(C)CCO.C[N+](C)(C)CCO.O=C([O-])C(O)C(O)C(=O)[O-]. The van der Waals surface area contributed by atoms with Crippen molar-refractivity contribution in [3.8, 4) is 0 Å². The van der Waals surface area contributed by atoms with Crippen molar-refractivity contribution >= 4 is 35.8 Å². The van der Waals surface area contributed by atoms with E-state index in [0.717, 1.165) is 22.1 Å². The number of ether oxygens (including phenoxy) is 2. The zero-order valence-electron chi connectivity index (χ0n) is 34.9. The summed E-state index contributed by atoms with van der Waals surface area (Å²) < 4.78 is 12.8. The number of rotatable bonds is 19. The van der Waals surface area contributed by atoms with E-state index in [2.05, 4.69) is 42.3 Å². The lowest BCUT2D eigenvalue weighted by molar-refractivity contribution is -0.873. The molecular formula is C34H70N4O16. The molecular weight excluding hydrogens is 720 g/mol. The Hall–Kier alpha value is -3.50. The fourth-order valence-electron chi connectivity index (χ4n) is 3.28. The van der Waals surface area contributed by atoms with Gasteiger partial charge in [0.05, 0.1) is 110 Å². The van der Waals surface area contributed by atoms with Gasteiger partial charge >= 0.3 is 11.9 Å². The summed E-state index contributed by atoms with van der Waals surface area (Å²) in [4.78, 5) is 62.3. The second-order valence-corrected chi connectivity index (χ2v) is 16.0. The summed E-state index contributed by atoms with van der Waals surface area (Å²) in [6.07, 6.45) is -6.09. The van der Waals surface area contributed by atoms with Crippen LogP contribution in [0.2, 0.25) is 0 Å². The molecule has 0 bridgehead atoms. The van der Waals surface area contributed by atoms with Gasteiger partial charge in [-0.05, 0) is 0 Å². The number of carbonyl (C=O) groups is 6. The van der Waals surface area contributed by atoms with Crippen LogP contribution in [0.15, 0.2) is 0 Å². The van der Waals surface area contributed by atoms with Crippen molar-refractivity contribution in [2.75, 3.05) is 124 Å². The van der Waals surface area contributed by atoms with Gasteiger partial charge in [0.25, 0.3) is 0 Å². The number of quaternary nitrogens is 4. The summed E-state index contributed by atoms with van der Waals surface area (Å²) >= 11 is 0. The van der Waals surface area contributed by atoms with Crippen molar-refractivity contribution in [2.24, 2.45) is 0 Å². The molecule has 4 atom stereocenters. The van der Waals surface area contributed by atoms with Crippen LogP contribution < -0.4 is 20.4 Å². The van der Waals surface area contributed by atoms with E-state index in [0.29, 0.717) is 22.1 Å². The van der Waals surface area contributed by atoms with Gasteiger partial charge in [0.15, 0.2) is 12.2 Å². The average Bonchev–Trinajstić information content (AvgIpc) is 2.93. The summed E-state index contributed by atoms with van der Waals surface area (Å²) in [5.41, 5.74) is 0. The van der Waals surface area contributed by atoms with E-state index in [9.17, 15) is 49.2 Å². The maximum Gasteiger partial charge on any atom is 0.306 e. The molecule has 0 heterocycles. The molecule has 0 aromatic heterocycles. The van der Waals surface area contributed by atoms with Crippen LogP contribution >= 0.6 is 0 Å². The molecule has 20 heteroatoms. The molecule has 322 valence electrons. The van der Waals surface area contributed by atoms with E-state index in [-0.39, 0.29) is 50.8 Å². The van der Waals surface area contributed by atoms with Crippen molar-refractivity contribution < 1.29 is 97.0 Å². The summed E-state index contributed by atoms with van der Waals surface area (Å²) in [5.74, 6) is -7.27. The Morgan fingerprint density at radius 2 is 0.741 bits per heavy atom. The molecule has 20 nitrogen and oxygen atoms in total. The van der Waals surface area contributed by atoms with Gasteiger partial charge in [-0.3, -0.25) is 9.59 Å². The fraction of sp³-hybridized carbons (Fsp3) is 0.824. The van der Waals surface area contributed by atoms with Gasteiger partial charge < -0.3 is 87.4 Å². The number of likely N-dealkylation sites (N-methyl/N-ethyl adjacent to an activating group) is 4. The first kappa shape index (κ1) is 59.8. The lowest BCUT2D eigenvalue weighted by atomic mass is 10.2. The number of hydrogen-bond acceptors (Lipinski definition) is 16. The minimum Gasteiger partial charge on any atom is -0.550 e. The van der Waals surface area contributed by atoms with Gasteiger partial charge in [-0.1, -0.05) is 13.8 Å². The number of aliphatic carboxylic acids is 4. The largest absolute Gasteiger partial charge is 0.550 e. The normalized spacial score (nSPS) is 13.4. The summed E-state index contributed by atoms with van der Waals surface area (Å²) in [7, 11) is 23.7. The average molecular weight is 791 g/mol. The molecule has 0 saturated heterocycles. The molecule has 0 aliphatic heterocycles. The zero-order valence-corrected chi connectivity index (χ0v) is 34.9. The van der Waals surface area contributed by atoms with Crippen LogP contribution in [0.1, 0.15) is 39.5 Å². The predicted molar refractivity (Wildman–Crippen MR) is 187 cm³/mol. The first-order valence-electron chi connectivity index (χ1n) is 17.1. The van der Waals surface area contributed by atoms with Crippen molar-refractivity contribution in [3.05, 3.63) is 0 Å². The van der Waals surface area contributed by atoms with Gasteiger partial charge in [0.1, 0.15) is 38.4 Å². The van der Waals surface area contributed by atoms with Crippen LogP contribution in [0.5, 0.6) is 0 Å². The minimum absolute atomic E-state index is 0.249. The minimum atomic E-state index is -2.44. The number of carbonyl (C=O) groups excluding carboxylic acids is 6. The van der Waals surface area contributed by atoms with Crippen LogP contribution in [0.3, 0.4) is 0 Å². The number of hydrogen-bond donors (Lipinski definition) is 4. The van der Waals surface area contributed by atoms with Gasteiger partial charge in [-0.15, -0.1) is 0 Å². The molecule has 0 aromatic rings. The molecule has 0 rings (SSSR count). The predicted octanol–water partition coefficient (Wildman–Crippen LogP) is -7.11. The Bertz CT molecular complexity index is 994. The molecule has 0 saturated carbocycles. The van der Waals surface area contributed by atoms with Crippen molar-refractivity contribution in [1.29, 1.82) is 0 Å². The molecule has 54 heavy (non-hydrogen) atoms. The highest BCUT2D eigenvalue weighted by Crippen LogP contribution is 2.06. The lowest BCUT2D eigenvalue weighted by Crippen LogP contribution is -2.51. The Kier molecular flexibility index (Phi) is 33.0. The maximum atomic E-state index is 11.0. The first-order valence-corrected chi connectivity index (χ1v) is 17.1. The Labute approximate surface area is 320 Å². The molecule has 0 aliphatic rings. The van der Waals surface area contributed by atoms with Gasteiger partial charge in [0, 0.05) is 37.6 Å². The van der Waals surface area contributed by atoms with Gasteiger partial charge in [-0.25, -0.2) is 0 Å². The molecule has 0 aliphatic carbocycles. The van der Waals surface area contributed by atoms with E-state index in [1.165, 1.54) is 0 Å². The molecule has 4 N–H and O–H groups in total. The monoisotopic (exact) mass is 790 g/mol. The molecule has 0 aromatic carbocycles. The quantitative estimate of drug-likeness (QED) is 0.0698. The van der Waals surface area contributed by atoms with Crippen LogP contribution in [0, 0.1) is 0 Å².